The molecule has 0 saturated heterocycles. The fraction of sp³-hybridized carbons (Fsp3) is 0.222. The van der Waals surface area contributed by atoms with Gasteiger partial charge in [-0.1, -0.05) is 0 Å². The number of halogens is 18. The second-order valence-electron chi connectivity index (χ2n) is 9.63. The normalized spacial score (nSPS) is 13.9. The molecule has 3 aromatic rings. The van der Waals surface area contributed by atoms with Crippen molar-refractivity contribution in [1.29, 1.82) is 26.3 Å². The highest BCUT2D eigenvalue weighted by Gasteiger charge is 2.50. The lowest BCUT2D eigenvalue weighted by atomic mass is 9.89. The molecule has 3 rings (SSSR count). The topological polar surface area (TPSA) is 171 Å². The van der Waals surface area contributed by atoms with Crippen LogP contribution in [-0.4, -0.2) is 19.9 Å². The second kappa shape index (κ2) is 13.4. The maximum Gasteiger partial charge on any atom is 0.451 e. The van der Waals surface area contributed by atoms with Crippen molar-refractivity contribution in [2.24, 2.45) is 0 Å². The Morgan fingerprint density at radius 3 is 0.981 bits per heavy atom. The van der Waals surface area contributed by atoms with E-state index in [-0.39, 0.29) is 6.07 Å². The molecule has 0 N–H and O–H groups in total. The molecular formula is C27HF18N9. The molecular weight excluding hydrogens is 792 g/mol. The highest BCUT2D eigenvalue weighted by atomic mass is 19.4. The number of nitrogens with zero attached hydrogens (tertiary/aromatic N) is 9. The molecule has 0 saturated carbocycles. The van der Waals surface area contributed by atoms with E-state index in [2.05, 4.69) is 0 Å². The van der Waals surface area contributed by atoms with Crippen LogP contribution in [0.1, 0.15) is 62.2 Å². The summed E-state index contributed by atoms with van der Waals surface area (Å²) in [4.78, 5) is 8.04. The first-order chi connectivity index (χ1) is 24.4. The zero-order chi connectivity index (χ0) is 41.7. The number of aromatic nitrogens is 4. The first-order valence-corrected chi connectivity index (χ1v) is 12.6. The highest BCUT2D eigenvalue weighted by molar-refractivity contribution is 5.85. The van der Waals surface area contributed by atoms with E-state index in [1.54, 1.807) is 0 Å². The van der Waals surface area contributed by atoms with Gasteiger partial charge in [0.15, 0.2) is 22.8 Å². The SMILES string of the molecule is N#C/C(c1c(C(F)(F)F)nc(C(F)(F)F)nc1C(F)(F)F)=c1/cc(C#N)/c(=C(\C#N)c2c(C(F)(F)F)nc(C(F)(F)F)nc2C(F)(F)F)c(C#N)c1C#N. The van der Waals surface area contributed by atoms with Gasteiger partial charge in [-0.25, -0.2) is 19.9 Å². The molecule has 0 spiro atoms. The van der Waals surface area contributed by atoms with Crippen LogP contribution in [0.2, 0.25) is 0 Å². The number of hydrogen-bond donors (Lipinski definition) is 0. The summed E-state index contributed by atoms with van der Waals surface area (Å²) in [7, 11) is 0. The van der Waals surface area contributed by atoms with Crippen molar-refractivity contribution in [2.45, 2.75) is 37.1 Å². The minimum Gasteiger partial charge on any atom is -0.219 e. The van der Waals surface area contributed by atoms with E-state index in [4.69, 9.17) is 0 Å². The van der Waals surface area contributed by atoms with Gasteiger partial charge >= 0.3 is 37.1 Å². The predicted molar refractivity (Wildman–Crippen MR) is 130 cm³/mol. The van der Waals surface area contributed by atoms with Crippen molar-refractivity contribution >= 4 is 11.1 Å². The third-order valence-corrected chi connectivity index (χ3v) is 6.31. The van der Waals surface area contributed by atoms with E-state index in [1.165, 1.54) is 0 Å². The monoisotopic (exact) mass is 793 g/mol. The van der Waals surface area contributed by atoms with Crippen LogP contribution in [0.5, 0.6) is 0 Å². The number of hydrogen-bond acceptors (Lipinski definition) is 9. The Morgan fingerprint density at radius 1 is 0.426 bits per heavy atom. The van der Waals surface area contributed by atoms with Crippen LogP contribution in [0.4, 0.5) is 79.0 Å². The zero-order valence-corrected chi connectivity index (χ0v) is 24.4. The van der Waals surface area contributed by atoms with Crippen molar-refractivity contribution in [3.05, 3.63) is 78.7 Å². The Kier molecular flexibility index (Phi) is 10.3. The summed E-state index contributed by atoms with van der Waals surface area (Å²) in [6, 6.07) is 3.64. The molecule has 0 amide bonds. The molecule has 280 valence electrons. The molecule has 0 aliphatic carbocycles. The summed E-state index contributed by atoms with van der Waals surface area (Å²) >= 11 is 0. The van der Waals surface area contributed by atoms with Gasteiger partial charge < -0.3 is 0 Å². The molecule has 2 aromatic heterocycles. The van der Waals surface area contributed by atoms with Crippen molar-refractivity contribution < 1.29 is 79.0 Å². The van der Waals surface area contributed by atoms with E-state index in [0.717, 1.165) is 18.2 Å². The molecule has 0 unspecified atom stereocenters. The Bertz CT molecular complexity index is 2340. The van der Waals surface area contributed by atoms with Gasteiger partial charge in [-0.3, -0.25) is 0 Å². The number of rotatable bonds is 2. The first-order valence-electron chi connectivity index (χ1n) is 12.6. The summed E-state index contributed by atoms with van der Waals surface area (Å²) < 4.78 is 248. The Morgan fingerprint density at radius 2 is 0.741 bits per heavy atom. The van der Waals surface area contributed by atoms with Crippen molar-refractivity contribution in [3.63, 3.8) is 0 Å². The molecule has 2 heterocycles. The summed E-state index contributed by atoms with van der Waals surface area (Å²) in [6.45, 7) is 0. The Balaban J connectivity index is 2.94. The van der Waals surface area contributed by atoms with E-state index < -0.39 is 121 Å². The molecule has 0 radical (unpaired) electrons. The molecule has 54 heavy (non-hydrogen) atoms. The maximum absolute atomic E-state index is 14.0. The minimum atomic E-state index is -6.38. The number of nitriles is 5. The van der Waals surface area contributed by atoms with Gasteiger partial charge in [-0.05, 0) is 6.07 Å². The second-order valence-corrected chi connectivity index (χ2v) is 9.63. The Labute approximate surface area is 283 Å². The van der Waals surface area contributed by atoms with Gasteiger partial charge in [0.1, 0.15) is 24.3 Å². The molecule has 9 nitrogen and oxygen atoms in total. The van der Waals surface area contributed by atoms with Crippen LogP contribution in [0.15, 0.2) is 6.07 Å². The molecule has 0 aliphatic rings. The lowest BCUT2D eigenvalue weighted by Crippen LogP contribution is -2.31. The van der Waals surface area contributed by atoms with Crippen LogP contribution >= 0.6 is 0 Å². The molecule has 0 aliphatic heterocycles. The maximum atomic E-state index is 14.0. The average molecular weight is 793 g/mol. The molecule has 0 atom stereocenters. The van der Waals surface area contributed by atoms with Crippen LogP contribution in [0.25, 0.3) is 11.1 Å². The zero-order valence-electron chi connectivity index (χ0n) is 24.4. The van der Waals surface area contributed by atoms with Crippen molar-refractivity contribution in [3.8, 4) is 30.3 Å². The molecule has 0 bridgehead atoms. The molecule has 27 heteroatoms. The van der Waals surface area contributed by atoms with Gasteiger partial charge in [0, 0.05) is 10.4 Å². The van der Waals surface area contributed by atoms with Gasteiger partial charge in [0.05, 0.1) is 45.0 Å². The summed E-state index contributed by atoms with van der Waals surface area (Å²) in [5.74, 6) is -6.17. The minimum absolute atomic E-state index is 0.242. The average Bonchev–Trinajstić information content (AvgIpc) is 3.02. The van der Waals surface area contributed by atoms with Crippen LogP contribution in [0, 0.1) is 56.7 Å². The standard InChI is InChI=1S/C27HF18N9/c28-22(29,30)16-14(17(23(31,32)33)52-20(51-16)26(40,41)42)10(4-48)8-1-7(2-46)13(11(5-49)9(8)3-47)12(6-50)15-18(24(34,35)36)53-21(27(43,44)45)54-19(15)25(37,38)39/h1H/b10-8+,13-12-. The Hall–Kier alpha value is -6.69. The van der Waals surface area contributed by atoms with Crippen LogP contribution in [0.3, 0.4) is 0 Å². The molecule has 1 aromatic carbocycles. The summed E-state index contributed by atoms with van der Waals surface area (Å²) in [6.07, 6.45) is -37.8. The van der Waals surface area contributed by atoms with Crippen LogP contribution < -0.4 is 10.4 Å². The van der Waals surface area contributed by atoms with Gasteiger partial charge in [-0.2, -0.15) is 105 Å². The van der Waals surface area contributed by atoms with E-state index in [0.29, 0.717) is 12.1 Å². The van der Waals surface area contributed by atoms with Crippen LogP contribution in [-0.2, 0) is 37.1 Å². The largest absolute Gasteiger partial charge is 0.451 e. The lowest BCUT2D eigenvalue weighted by Gasteiger charge is -2.20. The lowest BCUT2D eigenvalue weighted by molar-refractivity contribution is -0.162. The third kappa shape index (κ3) is 7.73. The highest BCUT2D eigenvalue weighted by Crippen LogP contribution is 2.44. The predicted octanol–water partition coefficient (Wildman–Crippen LogP) is 6.44. The fourth-order valence-corrected chi connectivity index (χ4v) is 4.41. The summed E-state index contributed by atoms with van der Waals surface area (Å²) in [5.41, 5.74) is -28.1. The fourth-order valence-electron chi connectivity index (χ4n) is 4.41. The summed E-state index contributed by atoms with van der Waals surface area (Å²) in [5, 5.41) is 45.3. The van der Waals surface area contributed by atoms with E-state index in [9.17, 15) is 105 Å². The van der Waals surface area contributed by atoms with Gasteiger partial charge in [0.25, 0.3) is 0 Å². The smallest absolute Gasteiger partial charge is 0.219 e. The van der Waals surface area contributed by atoms with Crippen molar-refractivity contribution in [2.75, 3.05) is 0 Å². The quantitative estimate of drug-likeness (QED) is 0.265. The number of alkyl halides is 18. The third-order valence-electron chi connectivity index (χ3n) is 6.31. The first kappa shape index (κ1) is 41.7. The molecule has 0 fully saturated rings. The van der Waals surface area contributed by atoms with Gasteiger partial charge in [0.2, 0.25) is 11.6 Å². The number of benzene rings is 1. The van der Waals surface area contributed by atoms with Crippen molar-refractivity contribution in [1.82, 2.24) is 19.9 Å². The van der Waals surface area contributed by atoms with Gasteiger partial charge in [-0.15, -0.1) is 0 Å². The van der Waals surface area contributed by atoms with E-state index in [1.807, 2.05) is 19.9 Å². The van der Waals surface area contributed by atoms with E-state index >= 15 is 0 Å².